The van der Waals surface area contributed by atoms with E-state index in [9.17, 15) is 19.8 Å². The fourth-order valence-electron chi connectivity index (χ4n) is 8.08. The summed E-state index contributed by atoms with van der Waals surface area (Å²) in [6, 6.07) is -0.638. The van der Waals surface area contributed by atoms with Crippen LogP contribution in [0.1, 0.15) is 277 Å². The standard InChI is InChI=1S/C57H105NO5/c1-3-5-7-9-11-13-15-17-18-22-26-29-33-37-41-45-49-55(60)54(53-59)58-56(61)50-46-42-38-34-30-27-23-20-19-21-24-28-32-36-40-44-48-52-63-57(62)51-47-43-39-35-31-25-16-14-12-10-8-6-4-2/h8,10,14,16,19,21,45,49,54-55,59-60H,3-7,9,11-13,15,17-18,20,22-44,46-48,50-53H2,1-2H3,(H,58,61)/b10-8-,16-14-,21-19-,49-45+. The summed E-state index contributed by atoms with van der Waals surface area (Å²) >= 11 is 0. The lowest BCUT2D eigenvalue weighted by Gasteiger charge is -2.20. The van der Waals surface area contributed by atoms with Gasteiger partial charge in [-0.25, -0.2) is 0 Å². The number of ether oxygens (including phenoxy) is 1. The summed E-state index contributed by atoms with van der Waals surface area (Å²) in [4.78, 5) is 24.4. The van der Waals surface area contributed by atoms with E-state index < -0.39 is 12.1 Å². The van der Waals surface area contributed by atoms with Crippen molar-refractivity contribution in [3.63, 3.8) is 0 Å². The van der Waals surface area contributed by atoms with Gasteiger partial charge in [-0.05, 0) is 83.5 Å². The molecule has 0 aliphatic rings. The highest BCUT2D eigenvalue weighted by atomic mass is 16.5. The number of allylic oxidation sites excluding steroid dienone is 7. The highest BCUT2D eigenvalue weighted by Gasteiger charge is 2.18. The molecule has 6 nitrogen and oxygen atoms in total. The van der Waals surface area contributed by atoms with Gasteiger partial charge in [0, 0.05) is 12.8 Å². The topological polar surface area (TPSA) is 95.9 Å². The molecule has 0 radical (unpaired) electrons. The molecule has 63 heavy (non-hydrogen) atoms. The van der Waals surface area contributed by atoms with Crippen molar-refractivity contribution < 1.29 is 24.5 Å². The number of rotatable bonds is 50. The zero-order chi connectivity index (χ0) is 45.8. The molecule has 368 valence electrons. The number of carbonyl (C=O) groups is 2. The average molecular weight is 884 g/mol. The molecule has 2 unspecified atom stereocenters. The van der Waals surface area contributed by atoms with Gasteiger partial charge in [-0.3, -0.25) is 9.59 Å². The molecular weight excluding hydrogens is 779 g/mol. The second-order valence-electron chi connectivity index (χ2n) is 18.5. The number of nitrogens with one attached hydrogen (secondary N) is 1. The van der Waals surface area contributed by atoms with Gasteiger partial charge in [-0.15, -0.1) is 0 Å². The first-order valence-electron chi connectivity index (χ1n) is 27.4. The molecule has 0 aromatic carbocycles. The van der Waals surface area contributed by atoms with Crippen LogP contribution in [0.15, 0.2) is 48.6 Å². The molecular formula is C57H105NO5. The first kappa shape index (κ1) is 60.8. The summed E-state index contributed by atoms with van der Waals surface area (Å²) in [5.74, 6) is -0.0995. The zero-order valence-electron chi connectivity index (χ0n) is 41.8. The van der Waals surface area contributed by atoms with Gasteiger partial charge in [0.1, 0.15) is 0 Å². The van der Waals surface area contributed by atoms with E-state index in [1.807, 2.05) is 6.08 Å². The van der Waals surface area contributed by atoms with Crippen LogP contribution in [0.4, 0.5) is 0 Å². The van der Waals surface area contributed by atoms with Gasteiger partial charge in [0.15, 0.2) is 0 Å². The van der Waals surface area contributed by atoms with Crippen LogP contribution in [0, 0.1) is 0 Å². The fraction of sp³-hybridized carbons (Fsp3) is 0.825. The summed E-state index contributed by atoms with van der Waals surface area (Å²) in [7, 11) is 0. The Labute approximate surface area is 391 Å². The Morgan fingerprint density at radius 1 is 0.444 bits per heavy atom. The van der Waals surface area contributed by atoms with Gasteiger partial charge in [0.25, 0.3) is 0 Å². The van der Waals surface area contributed by atoms with E-state index in [0.29, 0.717) is 19.4 Å². The molecule has 2 atom stereocenters. The number of aliphatic hydroxyl groups is 2. The molecule has 0 aromatic rings. The quantitative estimate of drug-likeness (QED) is 0.0321. The third kappa shape index (κ3) is 49.1. The number of carbonyl (C=O) groups excluding carboxylic acids is 2. The lowest BCUT2D eigenvalue weighted by atomic mass is 10.0. The molecule has 0 saturated heterocycles. The van der Waals surface area contributed by atoms with Gasteiger partial charge in [0.2, 0.25) is 5.91 Å². The minimum Gasteiger partial charge on any atom is -0.466 e. The van der Waals surface area contributed by atoms with Gasteiger partial charge < -0.3 is 20.3 Å². The summed E-state index contributed by atoms with van der Waals surface area (Å²) in [5, 5.41) is 23.1. The molecule has 0 spiro atoms. The first-order valence-corrected chi connectivity index (χ1v) is 27.4. The van der Waals surface area contributed by atoms with Crippen molar-refractivity contribution in [2.75, 3.05) is 13.2 Å². The maximum Gasteiger partial charge on any atom is 0.305 e. The highest BCUT2D eigenvalue weighted by Crippen LogP contribution is 2.15. The Morgan fingerprint density at radius 3 is 1.29 bits per heavy atom. The normalized spacial score (nSPS) is 13.0. The minimum atomic E-state index is -0.853. The second-order valence-corrected chi connectivity index (χ2v) is 18.5. The van der Waals surface area contributed by atoms with E-state index >= 15 is 0 Å². The number of aliphatic hydroxyl groups excluding tert-OH is 2. The molecule has 1 amide bonds. The zero-order valence-corrected chi connectivity index (χ0v) is 41.8. The SMILES string of the molecule is CCC/C=C\C/C=C\CCCCCCCC(=O)OCCCCCCCC/C=C\CCCCCCCCCC(=O)NC(CO)C(O)/C=C/CCCCCCCCCCCCCCCC. The van der Waals surface area contributed by atoms with Crippen LogP contribution < -0.4 is 5.32 Å². The summed E-state index contributed by atoms with van der Waals surface area (Å²) < 4.78 is 5.45. The van der Waals surface area contributed by atoms with Crippen molar-refractivity contribution in [3.8, 4) is 0 Å². The Hall–Kier alpha value is -2.18. The second kappa shape index (κ2) is 52.4. The van der Waals surface area contributed by atoms with Gasteiger partial charge >= 0.3 is 5.97 Å². The molecule has 0 saturated carbocycles. The number of unbranched alkanes of at least 4 members (excludes halogenated alkanes) is 33. The van der Waals surface area contributed by atoms with Crippen LogP contribution >= 0.6 is 0 Å². The van der Waals surface area contributed by atoms with Crippen molar-refractivity contribution >= 4 is 11.9 Å². The average Bonchev–Trinajstić information content (AvgIpc) is 3.28. The molecule has 0 aliphatic carbocycles. The summed E-state index contributed by atoms with van der Waals surface area (Å²) in [6.07, 6.45) is 65.4. The van der Waals surface area contributed by atoms with Crippen molar-refractivity contribution in [1.82, 2.24) is 5.32 Å². The largest absolute Gasteiger partial charge is 0.466 e. The van der Waals surface area contributed by atoms with Crippen molar-refractivity contribution in [2.45, 2.75) is 289 Å². The molecule has 0 rings (SSSR count). The molecule has 3 N–H and O–H groups in total. The Morgan fingerprint density at radius 2 is 0.825 bits per heavy atom. The number of esters is 1. The lowest BCUT2D eigenvalue weighted by Crippen LogP contribution is -2.45. The van der Waals surface area contributed by atoms with Crippen LogP contribution in [0.2, 0.25) is 0 Å². The Balaban J connectivity index is 3.51. The maximum absolute atomic E-state index is 12.4. The predicted molar refractivity (Wildman–Crippen MR) is 273 cm³/mol. The third-order valence-electron chi connectivity index (χ3n) is 12.3. The monoisotopic (exact) mass is 884 g/mol. The Kier molecular flexibility index (Phi) is 50.6. The van der Waals surface area contributed by atoms with Crippen LogP contribution in [0.5, 0.6) is 0 Å². The molecule has 0 heterocycles. The van der Waals surface area contributed by atoms with E-state index in [1.165, 1.54) is 180 Å². The van der Waals surface area contributed by atoms with E-state index in [2.05, 4.69) is 55.6 Å². The predicted octanol–water partition coefficient (Wildman–Crippen LogP) is 16.6. The van der Waals surface area contributed by atoms with E-state index in [0.717, 1.165) is 70.6 Å². The van der Waals surface area contributed by atoms with Gasteiger partial charge in [-0.2, -0.15) is 0 Å². The molecule has 0 aliphatic heterocycles. The van der Waals surface area contributed by atoms with Gasteiger partial charge in [-0.1, -0.05) is 229 Å². The van der Waals surface area contributed by atoms with Crippen LogP contribution in [0.3, 0.4) is 0 Å². The summed E-state index contributed by atoms with van der Waals surface area (Å²) in [6.45, 7) is 4.81. The molecule has 6 heteroatoms. The van der Waals surface area contributed by atoms with Gasteiger partial charge in [0.05, 0.1) is 25.4 Å². The number of hydrogen-bond donors (Lipinski definition) is 3. The van der Waals surface area contributed by atoms with Crippen molar-refractivity contribution in [3.05, 3.63) is 48.6 Å². The molecule has 0 aromatic heterocycles. The van der Waals surface area contributed by atoms with E-state index in [1.54, 1.807) is 6.08 Å². The Bertz CT molecular complexity index is 1070. The lowest BCUT2D eigenvalue weighted by molar-refractivity contribution is -0.143. The van der Waals surface area contributed by atoms with Crippen LogP contribution in [-0.4, -0.2) is 47.4 Å². The van der Waals surface area contributed by atoms with Crippen LogP contribution in [0.25, 0.3) is 0 Å². The van der Waals surface area contributed by atoms with E-state index in [4.69, 9.17) is 4.74 Å². The molecule has 0 bridgehead atoms. The van der Waals surface area contributed by atoms with E-state index in [-0.39, 0.29) is 18.5 Å². The van der Waals surface area contributed by atoms with Crippen LogP contribution in [-0.2, 0) is 14.3 Å². The fourth-order valence-corrected chi connectivity index (χ4v) is 8.08. The first-order chi connectivity index (χ1) is 31.0. The third-order valence-corrected chi connectivity index (χ3v) is 12.3. The van der Waals surface area contributed by atoms with Crippen molar-refractivity contribution in [2.24, 2.45) is 0 Å². The molecule has 0 fully saturated rings. The number of amides is 1. The maximum atomic E-state index is 12.4. The van der Waals surface area contributed by atoms with Crippen molar-refractivity contribution in [1.29, 1.82) is 0 Å². The minimum absolute atomic E-state index is 0.0188. The highest BCUT2D eigenvalue weighted by molar-refractivity contribution is 5.76. The summed E-state index contributed by atoms with van der Waals surface area (Å²) in [5.41, 5.74) is 0. The smallest absolute Gasteiger partial charge is 0.305 e. The number of hydrogen-bond acceptors (Lipinski definition) is 5.